The third kappa shape index (κ3) is 5.60. The average molecular weight is 355 g/mol. The fourth-order valence-electron chi connectivity index (χ4n) is 2.97. The molecule has 0 saturated carbocycles. The smallest absolute Gasteiger partial charge is 0.254 e. The van der Waals surface area contributed by atoms with Gasteiger partial charge in [0.1, 0.15) is 12.4 Å². The molecule has 0 bridgehead atoms. The van der Waals surface area contributed by atoms with Crippen molar-refractivity contribution in [3.8, 4) is 5.75 Å². The van der Waals surface area contributed by atoms with Crippen LogP contribution in [0.1, 0.15) is 42.6 Å². The zero-order chi connectivity index (χ0) is 18.8. The lowest BCUT2D eigenvalue weighted by molar-refractivity contribution is 0.0589. The van der Waals surface area contributed by atoms with Crippen molar-refractivity contribution in [1.82, 2.24) is 4.90 Å². The van der Waals surface area contributed by atoms with Crippen LogP contribution in [0.15, 0.2) is 54.6 Å². The zero-order valence-electron chi connectivity index (χ0n) is 16.0. The van der Waals surface area contributed by atoms with Gasteiger partial charge in [0.2, 0.25) is 0 Å². The Kier molecular flexibility index (Phi) is 8.16. The van der Waals surface area contributed by atoms with Crippen LogP contribution >= 0.6 is 0 Å². The zero-order valence-corrected chi connectivity index (χ0v) is 16.0. The molecule has 2 aromatic rings. The molecule has 4 heteroatoms. The van der Waals surface area contributed by atoms with Crippen molar-refractivity contribution in [3.05, 3.63) is 65.7 Å². The molecule has 0 atom stereocenters. The Bertz CT molecular complexity index is 651. The van der Waals surface area contributed by atoms with Gasteiger partial charge in [-0.25, -0.2) is 0 Å². The standard InChI is InChI=1S/C22H29NO3/c1-4-20(5-2)23(15-16-25-3)22(24)19-11-13-21(14-12-19)26-17-18-9-7-6-8-10-18/h6-14,20H,4-5,15-17H2,1-3H3. The topological polar surface area (TPSA) is 38.8 Å². The molecule has 0 heterocycles. The van der Waals surface area contributed by atoms with E-state index in [1.807, 2.05) is 59.5 Å². The number of hydrogen-bond acceptors (Lipinski definition) is 3. The fourth-order valence-corrected chi connectivity index (χ4v) is 2.97. The van der Waals surface area contributed by atoms with E-state index in [0.717, 1.165) is 24.2 Å². The van der Waals surface area contributed by atoms with Gasteiger partial charge in [-0.15, -0.1) is 0 Å². The molecular weight excluding hydrogens is 326 g/mol. The van der Waals surface area contributed by atoms with Crippen molar-refractivity contribution in [2.75, 3.05) is 20.3 Å². The highest BCUT2D eigenvalue weighted by Gasteiger charge is 2.22. The first-order valence-electron chi connectivity index (χ1n) is 9.26. The minimum absolute atomic E-state index is 0.0466. The van der Waals surface area contributed by atoms with Crippen LogP contribution in [-0.2, 0) is 11.3 Å². The number of rotatable bonds is 10. The van der Waals surface area contributed by atoms with Crippen LogP contribution in [0.2, 0.25) is 0 Å². The summed E-state index contributed by atoms with van der Waals surface area (Å²) < 4.78 is 11.0. The quantitative estimate of drug-likeness (QED) is 0.628. The lowest BCUT2D eigenvalue weighted by Crippen LogP contribution is -2.41. The summed E-state index contributed by atoms with van der Waals surface area (Å²) >= 11 is 0. The number of carbonyl (C=O) groups excluding carboxylic acids is 1. The van der Waals surface area contributed by atoms with Gasteiger partial charge in [0.25, 0.3) is 5.91 Å². The van der Waals surface area contributed by atoms with Gasteiger partial charge in [0.15, 0.2) is 0 Å². The van der Waals surface area contributed by atoms with Crippen molar-refractivity contribution < 1.29 is 14.3 Å². The summed E-state index contributed by atoms with van der Waals surface area (Å²) in [6, 6.07) is 17.7. The molecule has 4 nitrogen and oxygen atoms in total. The van der Waals surface area contributed by atoms with E-state index in [-0.39, 0.29) is 11.9 Å². The van der Waals surface area contributed by atoms with Crippen molar-refractivity contribution in [1.29, 1.82) is 0 Å². The monoisotopic (exact) mass is 355 g/mol. The lowest BCUT2D eigenvalue weighted by Gasteiger charge is -2.30. The Labute approximate surface area is 156 Å². The summed E-state index contributed by atoms with van der Waals surface area (Å²) in [7, 11) is 1.66. The first-order chi connectivity index (χ1) is 12.7. The number of nitrogens with zero attached hydrogens (tertiary/aromatic N) is 1. The van der Waals surface area contributed by atoms with Crippen LogP contribution in [0.4, 0.5) is 0 Å². The molecule has 0 aliphatic rings. The molecule has 0 saturated heterocycles. The molecule has 0 radical (unpaired) electrons. The Balaban J connectivity index is 2.03. The van der Waals surface area contributed by atoms with Crippen molar-refractivity contribution in [2.45, 2.75) is 39.3 Å². The maximum Gasteiger partial charge on any atom is 0.254 e. The third-order valence-corrected chi connectivity index (χ3v) is 4.53. The molecule has 2 rings (SSSR count). The Hall–Kier alpha value is -2.33. The number of methoxy groups -OCH3 is 1. The molecule has 0 fully saturated rings. The fraction of sp³-hybridized carbons (Fsp3) is 0.409. The van der Waals surface area contributed by atoms with E-state index < -0.39 is 0 Å². The number of benzene rings is 2. The summed E-state index contributed by atoms with van der Waals surface area (Å²) in [5.74, 6) is 0.807. The number of amides is 1. The lowest BCUT2D eigenvalue weighted by atomic mass is 10.1. The van der Waals surface area contributed by atoms with E-state index in [2.05, 4.69) is 13.8 Å². The summed E-state index contributed by atoms with van der Waals surface area (Å²) in [5, 5.41) is 0. The van der Waals surface area contributed by atoms with Gasteiger partial charge in [0.05, 0.1) is 6.61 Å². The van der Waals surface area contributed by atoms with Gasteiger partial charge in [-0.2, -0.15) is 0 Å². The molecule has 140 valence electrons. The van der Waals surface area contributed by atoms with Crippen LogP contribution < -0.4 is 4.74 Å². The molecule has 0 N–H and O–H groups in total. The van der Waals surface area contributed by atoms with E-state index in [1.54, 1.807) is 7.11 Å². The van der Waals surface area contributed by atoms with Gasteiger partial charge < -0.3 is 14.4 Å². The molecule has 26 heavy (non-hydrogen) atoms. The molecule has 0 aliphatic carbocycles. The number of carbonyl (C=O) groups is 1. The first-order valence-corrected chi connectivity index (χ1v) is 9.26. The van der Waals surface area contributed by atoms with Crippen molar-refractivity contribution >= 4 is 5.91 Å². The number of hydrogen-bond donors (Lipinski definition) is 0. The predicted molar refractivity (Wildman–Crippen MR) is 104 cm³/mol. The molecule has 1 amide bonds. The second-order valence-corrected chi connectivity index (χ2v) is 6.26. The Morgan fingerprint density at radius 1 is 1.00 bits per heavy atom. The summed E-state index contributed by atoms with van der Waals surface area (Å²) in [6.45, 7) is 5.89. The largest absolute Gasteiger partial charge is 0.489 e. The average Bonchev–Trinajstić information content (AvgIpc) is 2.70. The van der Waals surface area contributed by atoms with Gasteiger partial charge in [-0.05, 0) is 42.7 Å². The van der Waals surface area contributed by atoms with Gasteiger partial charge in [-0.1, -0.05) is 44.2 Å². The van der Waals surface area contributed by atoms with E-state index in [0.29, 0.717) is 25.3 Å². The van der Waals surface area contributed by atoms with Crippen LogP contribution in [0.25, 0.3) is 0 Å². The third-order valence-electron chi connectivity index (χ3n) is 4.53. The maximum atomic E-state index is 12.9. The summed E-state index contributed by atoms with van der Waals surface area (Å²) in [5.41, 5.74) is 1.80. The second kappa shape index (κ2) is 10.6. The molecule has 0 unspecified atom stereocenters. The molecule has 2 aromatic carbocycles. The molecule has 0 aromatic heterocycles. The highest BCUT2D eigenvalue weighted by molar-refractivity contribution is 5.94. The SMILES string of the molecule is CCC(CC)N(CCOC)C(=O)c1ccc(OCc2ccccc2)cc1. The van der Waals surface area contributed by atoms with Gasteiger partial charge in [0, 0.05) is 25.3 Å². The van der Waals surface area contributed by atoms with Gasteiger partial charge in [-0.3, -0.25) is 4.79 Å². The minimum atomic E-state index is 0.0466. The van der Waals surface area contributed by atoms with Crippen LogP contribution in [0, 0.1) is 0 Å². The number of ether oxygens (including phenoxy) is 2. The predicted octanol–water partition coefficient (Wildman–Crippen LogP) is 4.54. The van der Waals surface area contributed by atoms with E-state index in [1.165, 1.54) is 0 Å². The molecular formula is C22H29NO3. The summed E-state index contributed by atoms with van der Waals surface area (Å²) in [6.07, 6.45) is 1.87. The normalized spacial score (nSPS) is 10.8. The van der Waals surface area contributed by atoms with Crippen molar-refractivity contribution in [3.63, 3.8) is 0 Å². The van der Waals surface area contributed by atoms with E-state index in [9.17, 15) is 4.79 Å². The van der Waals surface area contributed by atoms with Crippen LogP contribution in [0.3, 0.4) is 0 Å². The van der Waals surface area contributed by atoms with Crippen LogP contribution in [0.5, 0.6) is 5.75 Å². The first kappa shape index (κ1) is 20.0. The van der Waals surface area contributed by atoms with Gasteiger partial charge >= 0.3 is 0 Å². The Morgan fingerprint density at radius 3 is 2.23 bits per heavy atom. The minimum Gasteiger partial charge on any atom is -0.489 e. The molecule has 0 spiro atoms. The highest BCUT2D eigenvalue weighted by atomic mass is 16.5. The Morgan fingerprint density at radius 2 is 1.65 bits per heavy atom. The molecule has 0 aliphatic heterocycles. The maximum absolute atomic E-state index is 12.9. The van der Waals surface area contributed by atoms with Crippen LogP contribution in [-0.4, -0.2) is 37.1 Å². The highest BCUT2D eigenvalue weighted by Crippen LogP contribution is 2.18. The van der Waals surface area contributed by atoms with E-state index in [4.69, 9.17) is 9.47 Å². The van der Waals surface area contributed by atoms with Crippen molar-refractivity contribution in [2.24, 2.45) is 0 Å². The summed E-state index contributed by atoms with van der Waals surface area (Å²) in [4.78, 5) is 14.9. The van der Waals surface area contributed by atoms with E-state index >= 15 is 0 Å². The second-order valence-electron chi connectivity index (χ2n) is 6.26.